The molecule has 2 aromatic rings. The number of ether oxygens (including phenoxy) is 1. The molecule has 0 radical (unpaired) electrons. The quantitative estimate of drug-likeness (QED) is 0.885. The molecule has 0 spiro atoms. The normalized spacial score (nSPS) is 10.1. The highest BCUT2D eigenvalue weighted by molar-refractivity contribution is 9.10. The second-order valence-corrected chi connectivity index (χ2v) is 5.28. The molecule has 0 aromatic heterocycles. The summed E-state index contributed by atoms with van der Waals surface area (Å²) in [5.74, 6) is -1.38. The largest absolute Gasteiger partial charge is 0.545 e. The molecular formula is C16H13BrNO4-. The second-order valence-electron chi connectivity index (χ2n) is 4.36. The van der Waals surface area contributed by atoms with Gasteiger partial charge in [-0.25, -0.2) is 0 Å². The Morgan fingerprint density at radius 3 is 2.59 bits per heavy atom. The molecule has 0 aliphatic heterocycles. The Kier molecular flexibility index (Phi) is 5.16. The lowest BCUT2D eigenvalue weighted by molar-refractivity contribution is -0.254. The van der Waals surface area contributed by atoms with Gasteiger partial charge >= 0.3 is 0 Å². The predicted molar refractivity (Wildman–Crippen MR) is 84.0 cm³/mol. The molecule has 114 valence electrons. The van der Waals surface area contributed by atoms with Crippen LogP contribution in [0.3, 0.4) is 0 Å². The smallest absolute Gasteiger partial charge is 0.259 e. The van der Waals surface area contributed by atoms with Gasteiger partial charge in [-0.05, 0) is 37.3 Å². The minimum absolute atomic E-state index is 0.100. The molecule has 0 saturated heterocycles. The third kappa shape index (κ3) is 3.65. The van der Waals surface area contributed by atoms with Gasteiger partial charge in [0.1, 0.15) is 5.75 Å². The van der Waals surface area contributed by atoms with Gasteiger partial charge in [-0.3, -0.25) is 4.79 Å². The molecule has 0 atom stereocenters. The number of halogens is 1. The molecule has 2 rings (SSSR count). The molecule has 6 heteroatoms. The fraction of sp³-hybridized carbons (Fsp3) is 0.125. The summed E-state index contributed by atoms with van der Waals surface area (Å²) in [5, 5.41) is 13.7. The van der Waals surface area contributed by atoms with Crippen molar-refractivity contribution in [2.75, 3.05) is 11.9 Å². The molecule has 22 heavy (non-hydrogen) atoms. The molecule has 0 aliphatic carbocycles. The maximum absolute atomic E-state index is 12.4. The van der Waals surface area contributed by atoms with E-state index >= 15 is 0 Å². The number of carboxylic acids is 1. The zero-order valence-electron chi connectivity index (χ0n) is 11.8. The molecule has 1 N–H and O–H groups in total. The summed E-state index contributed by atoms with van der Waals surface area (Å²) in [5.41, 5.74) is 0.396. The van der Waals surface area contributed by atoms with Crippen LogP contribution in [0.2, 0.25) is 0 Å². The van der Waals surface area contributed by atoms with Crippen molar-refractivity contribution in [1.29, 1.82) is 0 Å². The fourth-order valence-electron chi connectivity index (χ4n) is 1.92. The maximum atomic E-state index is 12.4. The number of para-hydroxylation sites is 1. The monoisotopic (exact) mass is 362 g/mol. The van der Waals surface area contributed by atoms with Crippen molar-refractivity contribution >= 4 is 33.5 Å². The van der Waals surface area contributed by atoms with Gasteiger partial charge in [-0.2, -0.15) is 0 Å². The van der Waals surface area contributed by atoms with E-state index in [-0.39, 0.29) is 11.3 Å². The number of carbonyl (C=O) groups is 2. The summed E-state index contributed by atoms with van der Waals surface area (Å²) in [6.07, 6.45) is 0. The van der Waals surface area contributed by atoms with Gasteiger partial charge in [-0.1, -0.05) is 28.1 Å². The predicted octanol–water partition coefficient (Wildman–Crippen LogP) is 2.46. The summed E-state index contributed by atoms with van der Waals surface area (Å²) in [6, 6.07) is 11.3. The Hall–Kier alpha value is -2.34. The number of carbonyl (C=O) groups excluding carboxylic acids is 2. The van der Waals surface area contributed by atoms with E-state index in [1.807, 2.05) is 6.92 Å². The van der Waals surface area contributed by atoms with E-state index in [4.69, 9.17) is 4.74 Å². The minimum atomic E-state index is -1.37. The third-order valence-electron chi connectivity index (χ3n) is 2.88. The van der Waals surface area contributed by atoms with E-state index in [9.17, 15) is 14.7 Å². The van der Waals surface area contributed by atoms with Gasteiger partial charge in [0, 0.05) is 10.0 Å². The maximum Gasteiger partial charge on any atom is 0.259 e. The minimum Gasteiger partial charge on any atom is -0.545 e. The number of carboxylic acid groups (broad SMARTS) is 1. The van der Waals surface area contributed by atoms with Crippen LogP contribution in [-0.4, -0.2) is 18.5 Å². The number of nitrogens with one attached hydrogen (secondary N) is 1. The Labute approximate surface area is 136 Å². The molecule has 5 nitrogen and oxygen atoms in total. The zero-order chi connectivity index (χ0) is 16.1. The van der Waals surface area contributed by atoms with Crippen molar-refractivity contribution in [3.8, 4) is 5.75 Å². The van der Waals surface area contributed by atoms with E-state index in [2.05, 4.69) is 21.2 Å². The van der Waals surface area contributed by atoms with Gasteiger partial charge in [0.05, 0.1) is 23.8 Å². The van der Waals surface area contributed by atoms with Crippen LogP contribution in [0.1, 0.15) is 27.6 Å². The van der Waals surface area contributed by atoms with E-state index in [0.717, 1.165) is 0 Å². The summed E-state index contributed by atoms with van der Waals surface area (Å²) in [7, 11) is 0. The second kappa shape index (κ2) is 7.09. The first-order chi connectivity index (χ1) is 10.5. The average Bonchev–Trinajstić information content (AvgIpc) is 2.49. The van der Waals surface area contributed by atoms with Crippen molar-refractivity contribution in [2.24, 2.45) is 0 Å². The van der Waals surface area contributed by atoms with Gasteiger partial charge in [0.15, 0.2) is 0 Å². The lowest BCUT2D eigenvalue weighted by Gasteiger charge is -2.14. The number of benzene rings is 2. The lowest BCUT2D eigenvalue weighted by Crippen LogP contribution is -2.25. The van der Waals surface area contributed by atoms with E-state index in [0.29, 0.717) is 22.4 Å². The summed E-state index contributed by atoms with van der Waals surface area (Å²) in [6.45, 7) is 2.24. The lowest BCUT2D eigenvalue weighted by atomic mass is 10.1. The molecule has 0 heterocycles. The fourth-order valence-corrected chi connectivity index (χ4v) is 2.28. The van der Waals surface area contributed by atoms with Gasteiger partial charge in [-0.15, -0.1) is 0 Å². The van der Waals surface area contributed by atoms with Crippen LogP contribution in [0.5, 0.6) is 5.75 Å². The number of rotatable bonds is 5. The summed E-state index contributed by atoms with van der Waals surface area (Å²) in [4.78, 5) is 23.5. The number of hydrogen-bond acceptors (Lipinski definition) is 4. The van der Waals surface area contributed by atoms with Crippen molar-refractivity contribution in [1.82, 2.24) is 0 Å². The van der Waals surface area contributed by atoms with Crippen molar-refractivity contribution in [3.63, 3.8) is 0 Å². The van der Waals surface area contributed by atoms with Gasteiger partial charge < -0.3 is 20.0 Å². The van der Waals surface area contributed by atoms with Crippen LogP contribution in [0.15, 0.2) is 46.9 Å². The first kappa shape index (κ1) is 16.0. The molecule has 0 fully saturated rings. The topological polar surface area (TPSA) is 78.5 Å². The van der Waals surface area contributed by atoms with Crippen molar-refractivity contribution in [3.05, 3.63) is 58.1 Å². The number of amides is 1. The number of anilines is 1. The zero-order valence-corrected chi connectivity index (χ0v) is 13.3. The highest BCUT2D eigenvalue weighted by Crippen LogP contribution is 2.23. The standard InChI is InChI=1S/C16H14BrNO4/c1-2-22-14-6-4-3-5-11(14)15(19)18-13-8-7-10(17)9-12(13)16(20)21/h3-9H,2H2,1H3,(H,18,19)(H,20,21)/p-1. The molecule has 2 aromatic carbocycles. The third-order valence-corrected chi connectivity index (χ3v) is 3.37. The van der Waals surface area contributed by atoms with E-state index in [1.54, 1.807) is 30.3 Å². The average molecular weight is 363 g/mol. The molecule has 0 bridgehead atoms. The van der Waals surface area contributed by atoms with Crippen LogP contribution < -0.4 is 15.2 Å². The van der Waals surface area contributed by atoms with Crippen LogP contribution in [0.4, 0.5) is 5.69 Å². The molecule has 0 unspecified atom stereocenters. The SMILES string of the molecule is CCOc1ccccc1C(=O)Nc1ccc(Br)cc1C(=O)[O-]. The molecule has 0 saturated carbocycles. The van der Waals surface area contributed by atoms with Crippen LogP contribution in [0, 0.1) is 0 Å². The highest BCUT2D eigenvalue weighted by Gasteiger charge is 2.14. The van der Waals surface area contributed by atoms with E-state index in [1.165, 1.54) is 12.1 Å². The molecule has 1 amide bonds. The molecular weight excluding hydrogens is 350 g/mol. The number of aromatic carboxylic acids is 1. The van der Waals surface area contributed by atoms with Crippen LogP contribution in [-0.2, 0) is 0 Å². The summed E-state index contributed by atoms with van der Waals surface area (Å²) < 4.78 is 5.98. The first-order valence-electron chi connectivity index (χ1n) is 6.57. The van der Waals surface area contributed by atoms with Crippen molar-refractivity contribution in [2.45, 2.75) is 6.92 Å². The number of hydrogen-bond donors (Lipinski definition) is 1. The Morgan fingerprint density at radius 1 is 1.18 bits per heavy atom. The highest BCUT2D eigenvalue weighted by atomic mass is 79.9. The van der Waals surface area contributed by atoms with Gasteiger partial charge in [0.2, 0.25) is 0 Å². The Bertz CT molecular complexity index is 715. The Balaban J connectivity index is 2.32. The summed E-state index contributed by atoms with van der Waals surface area (Å²) >= 11 is 3.18. The van der Waals surface area contributed by atoms with Gasteiger partial charge in [0.25, 0.3) is 5.91 Å². The van der Waals surface area contributed by atoms with Crippen molar-refractivity contribution < 1.29 is 19.4 Å². The first-order valence-corrected chi connectivity index (χ1v) is 7.36. The Morgan fingerprint density at radius 2 is 1.91 bits per heavy atom. The van der Waals surface area contributed by atoms with Crippen LogP contribution in [0.25, 0.3) is 0 Å². The molecule has 0 aliphatic rings. The van der Waals surface area contributed by atoms with Crippen LogP contribution >= 0.6 is 15.9 Å². The van der Waals surface area contributed by atoms with E-state index < -0.39 is 11.9 Å².